The van der Waals surface area contributed by atoms with Gasteiger partial charge in [0.05, 0.1) is 6.54 Å². The Kier molecular flexibility index (Phi) is 3.45. The molecule has 0 aliphatic carbocycles. The van der Waals surface area contributed by atoms with E-state index in [9.17, 15) is 4.79 Å². The van der Waals surface area contributed by atoms with Gasteiger partial charge >= 0.3 is 6.03 Å². The molecule has 2 amide bonds. The first-order valence-corrected chi connectivity index (χ1v) is 5.45. The molecule has 0 spiro atoms. The van der Waals surface area contributed by atoms with Gasteiger partial charge in [-0.2, -0.15) is 0 Å². The van der Waals surface area contributed by atoms with E-state index in [0.29, 0.717) is 6.54 Å². The zero-order valence-electron chi connectivity index (χ0n) is 9.68. The molecule has 2 N–H and O–H groups in total. The standard InChI is InChI=1S/C13H15N3O/c1-16(10-12-8-5-9-14-12)13(17)15-11-6-3-2-4-7-11/h2-9,14H,10H2,1H3,(H,15,17). The van der Waals surface area contributed by atoms with Crippen LogP contribution in [-0.4, -0.2) is 23.0 Å². The van der Waals surface area contributed by atoms with Gasteiger partial charge in [-0.3, -0.25) is 0 Å². The molecule has 0 radical (unpaired) electrons. The summed E-state index contributed by atoms with van der Waals surface area (Å²) in [6.07, 6.45) is 1.85. The maximum Gasteiger partial charge on any atom is 0.321 e. The fourth-order valence-electron chi connectivity index (χ4n) is 1.53. The molecule has 4 nitrogen and oxygen atoms in total. The topological polar surface area (TPSA) is 48.1 Å². The van der Waals surface area contributed by atoms with E-state index in [2.05, 4.69) is 10.3 Å². The second kappa shape index (κ2) is 5.21. The van der Waals surface area contributed by atoms with Crippen molar-refractivity contribution < 1.29 is 4.79 Å². The van der Waals surface area contributed by atoms with E-state index in [-0.39, 0.29) is 6.03 Å². The second-order valence-electron chi connectivity index (χ2n) is 3.85. The lowest BCUT2D eigenvalue weighted by molar-refractivity contribution is 0.220. The molecule has 17 heavy (non-hydrogen) atoms. The van der Waals surface area contributed by atoms with E-state index in [0.717, 1.165) is 11.4 Å². The van der Waals surface area contributed by atoms with Gasteiger partial charge < -0.3 is 15.2 Å². The monoisotopic (exact) mass is 229 g/mol. The van der Waals surface area contributed by atoms with E-state index >= 15 is 0 Å². The lowest BCUT2D eigenvalue weighted by Gasteiger charge is -2.17. The van der Waals surface area contributed by atoms with Gasteiger partial charge in [0.15, 0.2) is 0 Å². The van der Waals surface area contributed by atoms with Gasteiger partial charge in [-0.1, -0.05) is 18.2 Å². The number of rotatable bonds is 3. The molecule has 0 atom stereocenters. The average molecular weight is 229 g/mol. The number of hydrogen-bond acceptors (Lipinski definition) is 1. The summed E-state index contributed by atoms with van der Waals surface area (Å²) in [5.74, 6) is 0. The van der Waals surface area contributed by atoms with Crippen LogP contribution in [0, 0.1) is 0 Å². The van der Waals surface area contributed by atoms with Crippen LogP contribution in [0.4, 0.5) is 10.5 Å². The summed E-state index contributed by atoms with van der Waals surface area (Å²) in [5, 5.41) is 2.83. The third kappa shape index (κ3) is 3.11. The quantitative estimate of drug-likeness (QED) is 0.835. The molecule has 2 rings (SSSR count). The number of amides is 2. The van der Waals surface area contributed by atoms with Crippen LogP contribution in [-0.2, 0) is 6.54 Å². The van der Waals surface area contributed by atoms with Crippen molar-refractivity contribution in [1.82, 2.24) is 9.88 Å². The summed E-state index contributed by atoms with van der Waals surface area (Å²) < 4.78 is 0. The Morgan fingerprint density at radius 2 is 2.00 bits per heavy atom. The van der Waals surface area contributed by atoms with Crippen LogP contribution in [0.2, 0.25) is 0 Å². The summed E-state index contributed by atoms with van der Waals surface area (Å²) in [5.41, 5.74) is 1.81. The number of anilines is 1. The molecule has 1 heterocycles. The molecular formula is C13H15N3O. The highest BCUT2D eigenvalue weighted by molar-refractivity contribution is 5.88. The number of aromatic nitrogens is 1. The second-order valence-corrected chi connectivity index (χ2v) is 3.85. The van der Waals surface area contributed by atoms with Crippen LogP contribution < -0.4 is 5.32 Å². The Morgan fingerprint density at radius 1 is 1.24 bits per heavy atom. The van der Waals surface area contributed by atoms with E-state index in [1.54, 1.807) is 11.9 Å². The molecule has 0 saturated carbocycles. The van der Waals surface area contributed by atoms with Crippen molar-refractivity contribution in [3.8, 4) is 0 Å². The number of nitrogens with zero attached hydrogens (tertiary/aromatic N) is 1. The van der Waals surface area contributed by atoms with Crippen LogP contribution in [0.25, 0.3) is 0 Å². The summed E-state index contributed by atoms with van der Waals surface area (Å²) in [4.78, 5) is 16.5. The van der Waals surface area contributed by atoms with Crippen molar-refractivity contribution in [1.29, 1.82) is 0 Å². The van der Waals surface area contributed by atoms with E-state index in [4.69, 9.17) is 0 Å². The highest BCUT2D eigenvalue weighted by Crippen LogP contribution is 2.07. The van der Waals surface area contributed by atoms with Gasteiger partial charge in [0.2, 0.25) is 0 Å². The smallest absolute Gasteiger partial charge is 0.321 e. The van der Waals surface area contributed by atoms with Gasteiger partial charge in [0.25, 0.3) is 0 Å². The largest absolute Gasteiger partial charge is 0.364 e. The van der Waals surface area contributed by atoms with Crippen LogP contribution >= 0.6 is 0 Å². The Labute approximate surface area is 100 Å². The molecule has 0 aliphatic heterocycles. The van der Waals surface area contributed by atoms with Crippen LogP contribution in [0.5, 0.6) is 0 Å². The molecule has 0 bridgehead atoms. The summed E-state index contributed by atoms with van der Waals surface area (Å²) in [6.45, 7) is 0.561. The number of aromatic amines is 1. The van der Waals surface area contributed by atoms with Crippen molar-refractivity contribution in [2.75, 3.05) is 12.4 Å². The summed E-state index contributed by atoms with van der Waals surface area (Å²) >= 11 is 0. The molecule has 0 aliphatic rings. The summed E-state index contributed by atoms with van der Waals surface area (Å²) in [7, 11) is 1.76. The fourth-order valence-corrected chi connectivity index (χ4v) is 1.53. The average Bonchev–Trinajstić information content (AvgIpc) is 2.83. The van der Waals surface area contributed by atoms with Crippen molar-refractivity contribution >= 4 is 11.7 Å². The minimum absolute atomic E-state index is 0.120. The highest BCUT2D eigenvalue weighted by Gasteiger charge is 2.09. The number of benzene rings is 1. The van der Waals surface area contributed by atoms with Crippen LogP contribution in [0.15, 0.2) is 48.7 Å². The van der Waals surface area contributed by atoms with Crippen LogP contribution in [0.3, 0.4) is 0 Å². The van der Waals surface area contributed by atoms with Gasteiger partial charge in [-0.05, 0) is 24.3 Å². The molecule has 0 unspecified atom stereocenters. The Bertz CT molecular complexity index is 465. The predicted molar refractivity (Wildman–Crippen MR) is 67.7 cm³/mol. The minimum Gasteiger partial charge on any atom is -0.364 e. The number of H-pyrrole nitrogens is 1. The first kappa shape index (κ1) is 11.3. The fraction of sp³-hybridized carbons (Fsp3) is 0.154. The maximum atomic E-state index is 11.8. The molecule has 2 aromatic rings. The molecule has 0 fully saturated rings. The van der Waals surface area contributed by atoms with E-state index < -0.39 is 0 Å². The van der Waals surface area contributed by atoms with E-state index in [1.165, 1.54) is 0 Å². The summed E-state index contributed by atoms with van der Waals surface area (Å²) in [6, 6.07) is 13.2. The van der Waals surface area contributed by atoms with E-state index in [1.807, 2.05) is 48.7 Å². The molecule has 4 heteroatoms. The zero-order chi connectivity index (χ0) is 12.1. The van der Waals surface area contributed by atoms with Gasteiger partial charge in [0, 0.05) is 24.6 Å². The lowest BCUT2D eigenvalue weighted by atomic mass is 10.3. The van der Waals surface area contributed by atoms with Gasteiger partial charge in [0.1, 0.15) is 0 Å². The number of para-hydroxylation sites is 1. The van der Waals surface area contributed by atoms with Crippen molar-refractivity contribution in [2.45, 2.75) is 6.54 Å². The Morgan fingerprint density at radius 3 is 2.65 bits per heavy atom. The number of urea groups is 1. The van der Waals surface area contributed by atoms with Gasteiger partial charge in [-0.15, -0.1) is 0 Å². The zero-order valence-corrected chi connectivity index (χ0v) is 9.68. The number of carbonyl (C=O) groups excluding carboxylic acids is 1. The highest BCUT2D eigenvalue weighted by atomic mass is 16.2. The van der Waals surface area contributed by atoms with Crippen molar-refractivity contribution in [2.24, 2.45) is 0 Å². The van der Waals surface area contributed by atoms with Gasteiger partial charge in [-0.25, -0.2) is 4.79 Å². The SMILES string of the molecule is CN(Cc1ccc[nH]1)C(=O)Nc1ccccc1. The molecule has 1 aromatic heterocycles. The molecular weight excluding hydrogens is 214 g/mol. The molecule has 0 saturated heterocycles. The number of carbonyl (C=O) groups is 1. The Balaban J connectivity index is 1.92. The third-order valence-corrected chi connectivity index (χ3v) is 2.44. The number of hydrogen-bond donors (Lipinski definition) is 2. The maximum absolute atomic E-state index is 11.8. The van der Waals surface area contributed by atoms with Crippen LogP contribution in [0.1, 0.15) is 5.69 Å². The van der Waals surface area contributed by atoms with Crippen molar-refractivity contribution in [3.05, 3.63) is 54.4 Å². The predicted octanol–water partition coefficient (Wildman–Crippen LogP) is 2.68. The molecule has 88 valence electrons. The normalized spacial score (nSPS) is 9.94. The third-order valence-electron chi connectivity index (χ3n) is 2.44. The lowest BCUT2D eigenvalue weighted by Crippen LogP contribution is -2.30. The number of nitrogens with one attached hydrogen (secondary N) is 2. The first-order chi connectivity index (χ1) is 8.25. The first-order valence-electron chi connectivity index (χ1n) is 5.45. The molecule has 1 aromatic carbocycles. The minimum atomic E-state index is -0.120. The van der Waals surface area contributed by atoms with Crippen molar-refractivity contribution in [3.63, 3.8) is 0 Å². The Hall–Kier alpha value is -2.23.